The minimum Gasteiger partial charge on any atom is -0.380 e. The van der Waals surface area contributed by atoms with Crippen LogP contribution in [0.4, 0.5) is 11.4 Å². The van der Waals surface area contributed by atoms with Crippen LogP contribution in [0, 0.1) is 17.0 Å². The zero-order chi connectivity index (χ0) is 14.9. The lowest BCUT2D eigenvalue weighted by Crippen LogP contribution is -2.29. The summed E-state index contributed by atoms with van der Waals surface area (Å²) in [5, 5.41) is 15.2. The van der Waals surface area contributed by atoms with Crippen LogP contribution >= 0.6 is 0 Å². The molecule has 106 valence electrons. The maximum absolute atomic E-state index is 10.9. The van der Waals surface area contributed by atoms with E-state index in [1.165, 1.54) is 6.07 Å². The summed E-state index contributed by atoms with van der Waals surface area (Å²) < 4.78 is 0. The molecule has 2 aromatic rings. The highest BCUT2D eigenvalue weighted by Crippen LogP contribution is 2.29. The molecule has 1 N–H and O–H groups in total. The second-order valence-corrected chi connectivity index (χ2v) is 5.63. The molecule has 0 unspecified atom stereocenters. The van der Waals surface area contributed by atoms with Crippen molar-refractivity contribution >= 4 is 22.3 Å². The molecule has 0 aliphatic heterocycles. The monoisotopic (exact) mass is 273 g/mol. The summed E-state index contributed by atoms with van der Waals surface area (Å²) in [4.78, 5) is 15.0. The van der Waals surface area contributed by atoms with E-state index in [0.29, 0.717) is 0 Å². The predicted molar refractivity (Wildman–Crippen MR) is 81.1 cm³/mol. The lowest BCUT2D eigenvalue weighted by atomic mass is 10.0. The van der Waals surface area contributed by atoms with Crippen molar-refractivity contribution in [3.8, 4) is 0 Å². The Morgan fingerprint density at radius 1 is 1.35 bits per heavy atom. The summed E-state index contributed by atoms with van der Waals surface area (Å²) in [7, 11) is 0. The van der Waals surface area contributed by atoms with Crippen LogP contribution in [0.3, 0.4) is 0 Å². The molecular formula is C15H19N3O2. The molecule has 0 atom stereocenters. The molecule has 0 radical (unpaired) electrons. The van der Waals surface area contributed by atoms with Gasteiger partial charge >= 0.3 is 0 Å². The first-order valence-corrected chi connectivity index (χ1v) is 6.66. The van der Waals surface area contributed by atoms with Crippen LogP contribution in [0.1, 0.15) is 32.9 Å². The maximum atomic E-state index is 10.9. The number of nitrogens with zero attached hydrogens (tertiary/aromatic N) is 2. The Hall–Kier alpha value is -2.17. The second kappa shape index (κ2) is 5.07. The van der Waals surface area contributed by atoms with Gasteiger partial charge in [-0.3, -0.25) is 15.1 Å². The Bertz CT molecular complexity index is 665. The number of benzene rings is 1. The molecule has 0 spiro atoms. The van der Waals surface area contributed by atoms with E-state index in [9.17, 15) is 10.1 Å². The SMILES string of the molecule is CCC(C)(C)Nc1cc(C)nc2ccc([N+](=O)[O-])cc12. The third-order valence-corrected chi connectivity index (χ3v) is 3.49. The molecule has 0 amide bonds. The number of hydrogen-bond donors (Lipinski definition) is 1. The largest absolute Gasteiger partial charge is 0.380 e. The van der Waals surface area contributed by atoms with Crippen LogP contribution in [-0.4, -0.2) is 15.4 Å². The van der Waals surface area contributed by atoms with E-state index in [1.807, 2.05) is 13.0 Å². The molecule has 0 saturated heterocycles. The van der Waals surface area contributed by atoms with Gasteiger partial charge in [0.15, 0.2) is 0 Å². The number of hydrogen-bond acceptors (Lipinski definition) is 4. The highest BCUT2D eigenvalue weighted by Gasteiger charge is 2.17. The standard InChI is InChI=1S/C15H19N3O2/c1-5-15(3,4)17-14-8-10(2)16-13-7-6-11(18(19)20)9-12(13)14/h6-9H,5H2,1-4H3,(H,16,17). The molecule has 1 aromatic carbocycles. The van der Waals surface area contributed by atoms with Gasteiger partial charge in [0.2, 0.25) is 0 Å². The van der Waals surface area contributed by atoms with Gasteiger partial charge in [0.1, 0.15) is 0 Å². The molecule has 0 aliphatic carbocycles. The van der Waals surface area contributed by atoms with E-state index in [-0.39, 0.29) is 16.1 Å². The number of fused-ring (bicyclic) bond motifs is 1. The van der Waals surface area contributed by atoms with Crippen molar-refractivity contribution in [2.24, 2.45) is 0 Å². The van der Waals surface area contributed by atoms with Crippen molar-refractivity contribution in [3.05, 3.63) is 40.1 Å². The Morgan fingerprint density at radius 3 is 2.65 bits per heavy atom. The quantitative estimate of drug-likeness (QED) is 0.674. The van der Waals surface area contributed by atoms with Crippen LogP contribution in [0.2, 0.25) is 0 Å². The van der Waals surface area contributed by atoms with Crippen molar-refractivity contribution in [1.82, 2.24) is 4.98 Å². The molecule has 0 bridgehead atoms. The lowest BCUT2D eigenvalue weighted by Gasteiger charge is -2.27. The third kappa shape index (κ3) is 2.87. The van der Waals surface area contributed by atoms with Gasteiger partial charge in [-0.05, 0) is 39.3 Å². The number of nitro benzene ring substituents is 1. The van der Waals surface area contributed by atoms with Crippen LogP contribution in [0.15, 0.2) is 24.3 Å². The van der Waals surface area contributed by atoms with E-state index >= 15 is 0 Å². The Labute approximate surface area is 118 Å². The van der Waals surface area contributed by atoms with Gasteiger partial charge in [-0.1, -0.05) is 6.92 Å². The van der Waals surface area contributed by atoms with Gasteiger partial charge in [-0.15, -0.1) is 0 Å². The Balaban J connectivity index is 2.61. The molecule has 1 aromatic heterocycles. The van der Waals surface area contributed by atoms with Gasteiger partial charge in [-0.2, -0.15) is 0 Å². The number of non-ortho nitro benzene ring substituents is 1. The first-order chi connectivity index (χ1) is 9.32. The summed E-state index contributed by atoms with van der Waals surface area (Å²) >= 11 is 0. The van der Waals surface area contributed by atoms with Crippen molar-refractivity contribution in [1.29, 1.82) is 0 Å². The van der Waals surface area contributed by atoms with Crippen molar-refractivity contribution in [2.45, 2.75) is 39.7 Å². The molecule has 5 heteroatoms. The minimum absolute atomic E-state index is 0.0780. The fourth-order valence-electron chi connectivity index (χ4n) is 2.02. The molecule has 5 nitrogen and oxygen atoms in total. The minimum atomic E-state index is -0.381. The van der Waals surface area contributed by atoms with Crippen LogP contribution in [0.5, 0.6) is 0 Å². The molecular weight excluding hydrogens is 254 g/mol. The summed E-state index contributed by atoms with van der Waals surface area (Å²) in [6.07, 6.45) is 0.949. The Kier molecular flexibility index (Phi) is 3.61. The summed E-state index contributed by atoms with van der Waals surface area (Å²) in [5.74, 6) is 0. The smallest absolute Gasteiger partial charge is 0.270 e. The topological polar surface area (TPSA) is 68.1 Å². The number of nitrogens with one attached hydrogen (secondary N) is 1. The highest BCUT2D eigenvalue weighted by atomic mass is 16.6. The number of aromatic nitrogens is 1. The van der Waals surface area contributed by atoms with Crippen LogP contribution < -0.4 is 5.32 Å². The Morgan fingerprint density at radius 2 is 2.05 bits per heavy atom. The molecule has 2 rings (SSSR count). The van der Waals surface area contributed by atoms with Gasteiger partial charge < -0.3 is 5.32 Å². The molecule has 20 heavy (non-hydrogen) atoms. The van der Waals surface area contributed by atoms with Gasteiger partial charge in [0.05, 0.1) is 10.4 Å². The van der Waals surface area contributed by atoms with E-state index in [2.05, 4.69) is 31.1 Å². The van der Waals surface area contributed by atoms with Crippen molar-refractivity contribution < 1.29 is 4.92 Å². The van der Waals surface area contributed by atoms with Gasteiger partial charge in [-0.25, -0.2) is 0 Å². The zero-order valence-electron chi connectivity index (χ0n) is 12.2. The van der Waals surface area contributed by atoms with Crippen molar-refractivity contribution in [3.63, 3.8) is 0 Å². The first kappa shape index (κ1) is 14.2. The normalized spacial score (nSPS) is 11.6. The number of nitro groups is 1. The van der Waals surface area contributed by atoms with Gasteiger partial charge in [0, 0.05) is 34.4 Å². The highest BCUT2D eigenvalue weighted by molar-refractivity contribution is 5.93. The van der Waals surface area contributed by atoms with E-state index < -0.39 is 0 Å². The summed E-state index contributed by atoms with van der Waals surface area (Å²) in [6.45, 7) is 8.23. The molecule has 0 saturated carbocycles. The average Bonchev–Trinajstić information content (AvgIpc) is 2.37. The molecule has 1 heterocycles. The van der Waals surface area contributed by atoms with Crippen molar-refractivity contribution in [2.75, 3.05) is 5.32 Å². The molecule has 0 fully saturated rings. The average molecular weight is 273 g/mol. The maximum Gasteiger partial charge on any atom is 0.270 e. The summed E-state index contributed by atoms with van der Waals surface area (Å²) in [6, 6.07) is 6.70. The second-order valence-electron chi connectivity index (χ2n) is 5.63. The number of pyridine rings is 1. The third-order valence-electron chi connectivity index (χ3n) is 3.49. The van der Waals surface area contributed by atoms with Gasteiger partial charge in [0.25, 0.3) is 5.69 Å². The number of anilines is 1. The number of aryl methyl sites for hydroxylation is 1. The fraction of sp³-hybridized carbons (Fsp3) is 0.400. The fourth-order valence-corrected chi connectivity index (χ4v) is 2.02. The van der Waals surface area contributed by atoms with E-state index in [0.717, 1.165) is 28.7 Å². The molecule has 0 aliphatic rings. The van der Waals surface area contributed by atoms with Crippen LogP contribution in [0.25, 0.3) is 10.9 Å². The lowest BCUT2D eigenvalue weighted by molar-refractivity contribution is -0.384. The summed E-state index contributed by atoms with van der Waals surface area (Å²) in [5.41, 5.74) is 2.56. The van der Waals surface area contributed by atoms with E-state index in [1.54, 1.807) is 12.1 Å². The van der Waals surface area contributed by atoms with Crippen LogP contribution in [-0.2, 0) is 0 Å². The zero-order valence-corrected chi connectivity index (χ0v) is 12.2. The predicted octanol–water partition coefficient (Wildman–Crippen LogP) is 4.05. The first-order valence-electron chi connectivity index (χ1n) is 6.66. The number of rotatable bonds is 4. The van der Waals surface area contributed by atoms with E-state index in [4.69, 9.17) is 0 Å².